The number of hydrogen-bond acceptors (Lipinski definition) is 10. The van der Waals surface area contributed by atoms with E-state index in [2.05, 4.69) is 21.8 Å². The van der Waals surface area contributed by atoms with Crippen LogP contribution in [0.3, 0.4) is 0 Å². The number of rotatable bonds is 10. The largest absolute Gasteiger partial charge is 0.493 e. The van der Waals surface area contributed by atoms with Gasteiger partial charge in [-0.05, 0) is 50.6 Å². The van der Waals surface area contributed by atoms with Crippen LogP contribution < -0.4 is 20.9 Å². The molecule has 8 nitrogen and oxygen atoms in total. The molecule has 3 aromatic rings. The molecule has 10 heteroatoms. The third-order valence-electron chi connectivity index (χ3n) is 5.46. The van der Waals surface area contributed by atoms with Gasteiger partial charge in [0.05, 0.1) is 12.8 Å². The molecule has 0 bridgehead atoms. The molecule has 176 valence electrons. The lowest BCUT2D eigenvalue weighted by molar-refractivity contribution is 0.230. The van der Waals surface area contributed by atoms with Gasteiger partial charge in [0.2, 0.25) is 0 Å². The number of methoxy groups -OCH3 is 1. The zero-order valence-corrected chi connectivity index (χ0v) is 20.7. The van der Waals surface area contributed by atoms with Crippen LogP contribution in [0.15, 0.2) is 29.4 Å². The van der Waals surface area contributed by atoms with E-state index in [-0.39, 0.29) is 0 Å². The van der Waals surface area contributed by atoms with Crippen LogP contribution in [-0.4, -0.2) is 53.2 Å². The highest BCUT2D eigenvalue weighted by Gasteiger charge is 2.16. The molecule has 1 aromatic carbocycles. The van der Waals surface area contributed by atoms with Crippen LogP contribution in [0.25, 0.3) is 10.6 Å². The molecule has 1 aliphatic heterocycles. The molecule has 0 unspecified atom stereocenters. The maximum Gasteiger partial charge on any atom is 0.191 e. The number of hydrogen-bond donors (Lipinski definition) is 2. The molecule has 0 spiro atoms. The Hall–Kier alpha value is -2.56. The van der Waals surface area contributed by atoms with E-state index >= 15 is 0 Å². The first-order valence-electron chi connectivity index (χ1n) is 11.1. The Morgan fingerprint density at radius 1 is 1.06 bits per heavy atom. The molecule has 0 saturated carbocycles. The molecule has 4 rings (SSSR count). The molecule has 1 aliphatic rings. The van der Waals surface area contributed by atoms with E-state index in [0.29, 0.717) is 29.2 Å². The van der Waals surface area contributed by atoms with Gasteiger partial charge in [0.25, 0.3) is 0 Å². The summed E-state index contributed by atoms with van der Waals surface area (Å²) in [6, 6.07) is 7.56. The lowest BCUT2D eigenvalue weighted by atomic mass is 10.2. The van der Waals surface area contributed by atoms with Crippen molar-refractivity contribution in [1.29, 1.82) is 0 Å². The highest BCUT2D eigenvalue weighted by atomic mass is 32.2. The SMILES string of the molecule is CCc1sc(-c2ccc(OC)c(OCCN3CCCC3)c2)nc1CSc1nc(N)cc(N)n1. The fourth-order valence-electron chi connectivity index (χ4n) is 3.77. The van der Waals surface area contributed by atoms with E-state index in [1.165, 1.54) is 29.5 Å². The predicted molar refractivity (Wildman–Crippen MR) is 135 cm³/mol. The Labute approximate surface area is 202 Å². The fourth-order valence-corrected chi connectivity index (χ4v) is 5.72. The number of likely N-dealkylation sites (tertiary alicyclic amines) is 1. The van der Waals surface area contributed by atoms with Crippen LogP contribution >= 0.6 is 23.1 Å². The van der Waals surface area contributed by atoms with E-state index in [1.807, 2.05) is 18.2 Å². The number of thiazole rings is 1. The van der Waals surface area contributed by atoms with Crippen molar-refractivity contribution in [2.24, 2.45) is 0 Å². The standard InChI is InChI=1S/C23H30N6O2S2/c1-3-19-16(14-32-23-27-20(24)13-21(25)28-23)26-22(33-19)15-6-7-17(30-2)18(12-15)31-11-10-29-8-4-5-9-29/h6-7,12-13H,3-5,8-11,14H2,1-2H3,(H4,24,25,27,28). The second-order valence-corrected chi connectivity index (χ2v) is 9.82. The van der Waals surface area contributed by atoms with Crippen molar-refractivity contribution >= 4 is 34.7 Å². The number of nitrogens with zero attached hydrogens (tertiary/aromatic N) is 4. The van der Waals surface area contributed by atoms with Crippen molar-refractivity contribution < 1.29 is 9.47 Å². The molecule has 0 atom stereocenters. The molecule has 33 heavy (non-hydrogen) atoms. The van der Waals surface area contributed by atoms with Gasteiger partial charge < -0.3 is 20.9 Å². The minimum absolute atomic E-state index is 0.371. The molecule has 2 aromatic heterocycles. The normalized spacial score (nSPS) is 14.0. The molecule has 1 fully saturated rings. The van der Waals surface area contributed by atoms with Gasteiger partial charge >= 0.3 is 0 Å². The molecule has 0 radical (unpaired) electrons. The minimum atomic E-state index is 0.371. The van der Waals surface area contributed by atoms with E-state index in [1.54, 1.807) is 24.5 Å². The summed E-state index contributed by atoms with van der Waals surface area (Å²) >= 11 is 3.19. The maximum atomic E-state index is 6.11. The van der Waals surface area contributed by atoms with Crippen molar-refractivity contribution in [3.05, 3.63) is 34.8 Å². The highest BCUT2D eigenvalue weighted by Crippen LogP contribution is 2.36. The number of anilines is 2. The Balaban J connectivity index is 1.48. The molecular weight excluding hydrogens is 456 g/mol. The van der Waals surface area contributed by atoms with Gasteiger partial charge in [-0.25, -0.2) is 15.0 Å². The Morgan fingerprint density at radius 3 is 2.52 bits per heavy atom. The molecule has 0 aliphatic carbocycles. The summed E-state index contributed by atoms with van der Waals surface area (Å²) in [5.74, 6) is 2.88. The van der Waals surface area contributed by atoms with Crippen LogP contribution in [0.4, 0.5) is 11.6 Å². The second kappa shape index (κ2) is 11.0. The van der Waals surface area contributed by atoms with Crippen molar-refractivity contribution in [3.8, 4) is 22.1 Å². The van der Waals surface area contributed by atoms with Gasteiger partial charge in [-0.3, -0.25) is 4.90 Å². The minimum Gasteiger partial charge on any atom is -0.493 e. The average Bonchev–Trinajstić information content (AvgIpc) is 3.47. The van der Waals surface area contributed by atoms with Crippen molar-refractivity contribution in [2.45, 2.75) is 37.1 Å². The van der Waals surface area contributed by atoms with Crippen LogP contribution in [-0.2, 0) is 12.2 Å². The van der Waals surface area contributed by atoms with Crippen molar-refractivity contribution in [3.63, 3.8) is 0 Å². The summed E-state index contributed by atoms with van der Waals surface area (Å²) in [6.07, 6.45) is 3.46. The Morgan fingerprint density at radius 2 is 1.82 bits per heavy atom. The highest BCUT2D eigenvalue weighted by molar-refractivity contribution is 7.98. The Bertz CT molecular complexity index is 1060. The van der Waals surface area contributed by atoms with E-state index in [4.69, 9.17) is 25.9 Å². The van der Waals surface area contributed by atoms with Crippen molar-refractivity contribution in [2.75, 3.05) is 44.8 Å². The predicted octanol–water partition coefficient (Wildman–Crippen LogP) is 4.10. The first-order valence-corrected chi connectivity index (χ1v) is 12.9. The molecule has 3 heterocycles. The number of ether oxygens (including phenoxy) is 2. The molecular formula is C23H30N6O2S2. The fraction of sp³-hybridized carbons (Fsp3) is 0.435. The van der Waals surface area contributed by atoms with Gasteiger partial charge in [-0.15, -0.1) is 11.3 Å². The number of aryl methyl sites for hydroxylation is 1. The summed E-state index contributed by atoms with van der Waals surface area (Å²) in [7, 11) is 1.67. The number of nitrogen functional groups attached to an aromatic ring is 2. The molecule has 4 N–H and O–H groups in total. The van der Waals surface area contributed by atoms with Gasteiger partial charge in [-0.2, -0.15) is 0 Å². The number of benzene rings is 1. The van der Waals surface area contributed by atoms with Gasteiger partial charge in [0, 0.05) is 28.8 Å². The average molecular weight is 487 g/mol. The van der Waals surface area contributed by atoms with Gasteiger partial charge in [0.15, 0.2) is 16.7 Å². The maximum absolute atomic E-state index is 6.11. The summed E-state index contributed by atoms with van der Waals surface area (Å²) in [5.41, 5.74) is 13.6. The smallest absolute Gasteiger partial charge is 0.191 e. The van der Waals surface area contributed by atoms with Crippen LogP contribution in [0.5, 0.6) is 11.5 Å². The van der Waals surface area contributed by atoms with Crippen LogP contribution in [0.1, 0.15) is 30.3 Å². The van der Waals surface area contributed by atoms with E-state index in [9.17, 15) is 0 Å². The topological polar surface area (TPSA) is 112 Å². The first kappa shape index (κ1) is 23.6. The van der Waals surface area contributed by atoms with E-state index in [0.717, 1.165) is 53.8 Å². The summed E-state index contributed by atoms with van der Waals surface area (Å²) < 4.78 is 11.6. The lowest BCUT2D eigenvalue weighted by Gasteiger charge is -2.16. The zero-order valence-electron chi connectivity index (χ0n) is 19.0. The van der Waals surface area contributed by atoms with E-state index < -0.39 is 0 Å². The van der Waals surface area contributed by atoms with Gasteiger partial charge in [-0.1, -0.05) is 18.7 Å². The lowest BCUT2D eigenvalue weighted by Crippen LogP contribution is -2.25. The van der Waals surface area contributed by atoms with Crippen LogP contribution in [0, 0.1) is 0 Å². The second-order valence-electron chi connectivity index (χ2n) is 7.79. The third-order valence-corrected chi connectivity index (χ3v) is 7.61. The summed E-state index contributed by atoms with van der Waals surface area (Å²) in [6.45, 7) is 6.04. The third kappa shape index (κ3) is 6.07. The summed E-state index contributed by atoms with van der Waals surface area (Å²) in [5, 5.41) is 1.52. The molecule has 1 saturated heterocycles. The summed E-state index contributed by atoms with van der Waals surface area (Å²) in [4.78, 5) is 17.1. The zero-order chi connectivity index (χ0) is 23.2. The van der Waals surface area contributed by atoms with Crippen LogP contribution in [0.2, 0.25) is 0 Å². The number of thioether (sulfide) groups is 1. The first-order chi connectivity index (χ1) is 16.1. The van der Waals surface area contributed by atoms with Crippen molar-refractivity contribution in [1.82, 2.24) is 19.9 Å². The number of aromatic nitrogens is 3. The molecule has 0 amide bonds. The number of nitrogens with two attached hydrogens (primary N) is 2. The van der Waals surface area contributed by atoms with Gasteiger partial charge in [0.1, 0.15) is 23.3 Å². The monoisotopic (exact) mass is 486 g/mol. The quantitative estimate of drug-likeness (QED) is 0.323. The Kier molecular flexibility index (Phi) is 7.89.